The van der Waals surface area contributed by atoms with Crippen LogP contribution in [0.4, 0.5) is 0 Å². The van der Waals surface area contributed by atoms with Crippen LogP contribution in [-0.4, -0.2) is 8.76 Å². The lowest BCUT2D eigenvalue weighted by Gasteiger charge is -2.13. The summed E-state index contributed by atoms with van der Waals surface area (Å²) in [7, 11) is 0. The van der Waals surface area contributed by atoms with Crippen LogP contribution >= 0.6 is 24.0 Å². The third-order valence-electron chi connectivity index (χ3n) is 5.97. The van der Waals surface area contributed by atoms with Crippen LogP contribution in [0.5, 0.6) is 0 Å². The normalized spacial score (nSPS) is 11.1. The third-order valence-corrected chi connectivity index (χ3v) is 7.43. The Morgan fingerprint density at radius 1 is 0.818 bits per heavy atom. The van der Waals surface area contributed by atoms with E-state index in [9.17, 15) is 0 Å². The van der Waals surface area contributed by atoms with E-state index >= 15 is 0 Å². The molecule has 0 aliphatic heterocycles. The van der Waals surface area contributed by atoms with Crippen molar-refractivity contribution in [1.82, 2.24) is 4.57 Å². The van der Waals surface area contributed by atoms with Gasteiger partial charge in [-0.3, -0.25) is 0 Å². The van der Waals surface area contributed by atoms with E-state index in [1.165, 1.54) is 50.3 Å². The average molecular weight is 472 g/mol. The molecular weight excluding hydrogens is 440 g/mol. The highest BCUT2D eigenvalue weighted by atomic mass is 32.2. The smallest absolute Gasteiger partial charge is 0.193 e. The quantitative estimate of drug-likeness (QED) is 0.224. The maximum absolute atomic E-state index is 6.09. The molecule has 0 aliphatic rings. The summed E-state index contributed by atoms with van der Waals surface area (Å²) in [6.45, 7) is 13.1. The van der Waals surface area contributed by atoms with Gasteiger partial charge in [0, 0.05) is 5.75 Å². The second-order valence-corrected chi connectivity index (χ2v) is 10.6. The van der Waals surface area contributed by atoms with Crippen molar-refractivity contribution in [1.29, 1.82) is 0 Å². The van der Waals surface area contributed by atoms with E-state index in [2.05, 4.69) is 118 Å². The van der Waals surface area contributed by atoms with E-state index in [4.69, 9.17) is 12.2 Å². The molecule has 0 unspecified atom stereocenters. The van der Waals surface area contributed by atoms with Crippen LogP contribution in [-0.2, 0) is 5.75 Å². The molecular formula is C29H31N2S2+. The number of imidazole rings is 1. The van der Waals surface area contributed by atoms with Gasteiger partial charge < -0.3 is 0 Å². The number of thiocarbonyl (C=S) groups is 1. The molecule has 0 fully saturated rings. The molecule has 0 spiro atoms. The minimum Gasteiger partial charge on any atom is -0.193 e. The Bertz CT molecular complexity index is 1210. The standard InChI is InChI=1S/C29H31N2S2/c1-19-14-21(3)26(22(4)15-19)30-12-13-31(27-23(5)16-20(2)17-24(27)6)28(30)29(32)33-18-25-10-8-7-9-11-25/h7-17H,18H2,1-6H3/q+1. The number of rotatable bonds is 5. The molecule has 0 aliphatic carbocycles. The molecule has 0 saturated carbocycles. The minimum atomic E-state index is 0.850. The summed E-state index contributed by atoms with van der Waals surface area (Å²) in [4.78, 5) is 0. The largest absolute Gasteiger partial charge is 0.317 e. The predicted octanol–water partition coefficient (Wildman–Crippen LogP) is 7.21. The maximum Gasteiger partial charge on any atom is 0.317 e. The van der Waals surface area contributed by atoms with Crippen LogP contribution in [0.1, 0.15) is 44.8 Å². The van der Waals surface area contributed by atoms with Crippen LogP contribution in [0, 0.1) is 41.5 Å². The van der Waals surface area contributed by atoms with Gasteiger partial charge in [0.05, 0.1) is 0 Å². The summed E-state index contributed by atoms with van der Waals surface area (Å²) < 4.78 is 5.45. The Kier molecular flexibility index (Phi) is 6.87. The first-order valence-electron chi connectivity index (χ1n) is 11.3. The van der Waals surface area contributed by atoms with Gasteiger partial charge in [0.1, 0.15) is 23.8 Å². The first kappa shape index (κ1) is 23.5. The highest BCUT2D eigenvalue weighted by molar-refractivity contribution is 8.23. The number of aromatic nitrogens is 2. The summed E-state index contributed by atoms with van der Waals surface area (Å²) in [5, 5.41) is 0. The van der Waals surface area contributed by atoms with Crippen molar-refractivity contribution in [3.05, 3.63) is 112 Å². The summed E-state index contributed by atoms with van der Waals surface area (Å²) >= 11 is 7.82. The zero-order valence-electron chi connectivity index (χ0n) is 20.3. The summed E-state index contributed by atoms with van der Waals surface area (Å²) in [5.41, 5.74) is 11.3. The van der Waals surface area contributed by atoms with Gasteiger partial charge in [-0.15, -0.1) is 11.8 Å². The van der Waals surface area contributed by atoms with Gasteiger partial charge in [-0.25, -0.2) is 0 Å². The molecule has 168 valence electrons. The van der Waals surface area contributed by atoms with Crippen molar-refractivity contribution in [3.63, 3.8) is 0 Å². The van der Waals surface area contributed by atoms with Crippen molar-refractivity contribution in [2.75, 3.05) is 0 Å². The lowest BCUT2D eigenvalue weighted by Crippen LogP contribution is -2.38. The maximum atomic E-state index is 6.09. The Labute approximate surface area is 207 Å². The second-order valence-electron chi connectivity index (χ2n) is 8.92. The van der Waals surface area contributed by atoms with E-state index in [0.29, 0.717) is 0 Å². The monoisotopic (exact) mass is 471 g/mol. The second kappa shape index (κ2) is 9.66. The predicted molar refractivity (Wildman–Crippen MR) is 145 cm³/mol. The molecule has 4 heteroatoms. The fourth-order valence-corrected chi connectivity index (χ4v) is 6.03. The van der Waals surface area contributed by atoms with Gasteiger partial charge in [-0.2, -0.15) is 9.13 Å². The van der Waals surface area contributed by atoms with E-state index in [0.717, 1.165) is 15.8 Å². The molecule has 0 radical (unpaired) electrons. The Balaban J connectivity index is 1.88. The van der Waals surface area contributed by atoms with Crippen molar-refractivity contribution in [3.8, 4) is 11.4 Å². The zero-order chi connectivity index (χ0) is 23.7. The van der Waals surface area contributed by atoms with Gasteiger partial charge in [0.25, 0.3) is 0 Å². The van der Waals surface area contributed by atoms with Crippen LogP contribution in [0.25, 0.3) is 11.4 Å². The summed E-state index contributed by atoms with van der Waals surface area (Å²) in [6.07, 6.45) is 4.32. The first-order chi connectivity index (χ1) is 15.8. The molecule has 1 heterocycles. The number of nitrogens with zero attached hydrogens (tertiary/aromatic N) is 2. The van der Waals surface area contributed by atoms with Gasteiger partial charge in [0.15, 0.2) is 4.20 Å². The fraction of sp³-hybridized carbons (Fsp3) is 0.241. The SMILES string of the molecule is Cc1cc(C)c(-n2cc[n+](-c3c(C)cc(C)cc3C)c2C(=S)SCc2ccccc2)c(C)c1. The van der Waals surface area contributed by atoms with Crippen LogP contribution in [0.15, 0.2) is 67.0 Å². The molecule has 33 heavy (non-hydrogen) atoms. The van der Waals surface area contributed by atoms with Crippen molar-refractivity contribution < 1.29 is 4.57 Å². The average Bonchev–Trinajstić information content (AvgIpc) is 3.15. The third kappa shape index (κ3) is 4.83. The zero-order valence-corrected chi connectivity index (χ0v) is 21.9. The lowest BCUT2D eigenvalue weighted by molar-refractivity contribution is -0.596. The highest BCUT2D eigenvalue weighted by Gasteiger charge is 2.28. The van der Waals surface area contributed by atoms with Crippen molar-refractivity contribution in [2.45, 2.75) is 47.3 Å². The molecule has 0 amide bonds. The van der Waals surface area contributed by atoms with Crippen LogP contribution < -0.4 is 4.57 Å². The minimum absolute atomic E-state index is 0.850. The van der Waals surface area contributed by atoms with E-state index in [1.54, 1.807) is 11.8 Å². The molecule has 0 bridgehead atoms. The number of hydrogen-bond donors (Lipinski definition) is 0. The van der Waals surface area contributed by atoms with Gasteiger partial charge in [-0.05, 0) is 69.4 Å². The van der Waals surface area contributed by atoms with E-state index in [1.807, 2.05) is 0 Å². The Morgan fingerprint density at radius 2 is 1.36 bits per heavy atom. The lowest BCUT2D eigenvalue weighted by atomic mass is 10.0. The molecule has 4 aromatic rings. The van der Waals surface area contributed by atoms with E-state index < -0.39 is 0 Å². The van der Waals surface area contributed by atoms with Gasteiger partial charge in [0.2, 0.25) is 0 Å². The highest BCUT2D eigenvalue weighted by Crippen LogP contribution is 2.27. The number of thioether (sulfide) groups is 1. The van der Waals surface area contributed by atoms with Gasteiger partial charge in [-0.1, -0.05) is 77.9 Å². The summed E-state index contributed by atoms with van der Waals surface area (Å²) in [6, 6.07) is 19.5. The summed E-state index contributed by atoms with van der Waals surface area (Å²) in [5.74, 6) is 1.89. The number of benzene rings is 3. The number of aryl methyl sites for hydroxylation is 6. The Morgan fingerprint density at radius 3 is 1.94 bits per heavy atom. The fourth-order valence-electron chi connectivity index (χ4n) is 4.84. The molecule has 0 N–H and O–H groups in total. The van der Waals surface area contributed by atoms with Crippen LogP contribution in [0.2, 0.25) is 0 Å². The molecule has 0 saturated heterocycles. The molecule has 4 rings (SSSR count). The molecule has 3 aromatic carbocycles. The first-order valence-corrected chi connectivity index (χ1v) is 12.7. The Hall–Kier alpha value is -2.69. The van der Waals surface area contributed by atoms with Gasteiger partial charge >= 0.3 is 5.82 Å². The number of hydrogen-bond acceptors (Lipinski definition) is 2. The van der Waals surface area contributed by atoms with Crippen molar-refractivity contribution >= 4 is 28.2 Å². The molecule has 1 aromatic heterocycles. The van der Waals surface area contributed by atoms with Crippen LogP contribution in [0.3, 0.4) is 0 Å². The topological polar surface area (TPSA) is 8.81 Å². The van der Waals surface area contributed by atoms with E-state index in [-0.39, 0.29) is 0 Å². The molecule has 2 nitrogen and oxygen atoms in total. The molecule has 0 atom stereocenters. The van der Waals surface area contributed by atoms with Crippen molar-refractivity contribution in [2.24, 2.45) is 0 Å².